The SMILES string of the molecule is COC(C)CCC(N)C1=CCCCCCC1. The lowest BCUT2D eigenvalue weighted by Crippen LogP contribution is -2.25. The minimum atomic E-state index is 0.260. The Labute approximate surface area is 100 Å². The lowest BCUT2D eigenvalue weighted by Gasteiger charge is -2.19. The monoisotopic (exact) mass is 225 g/mol. The van der Waals surface area contributed by atoms with Gasteiger partial charge in [-0.2, -0.15) is 0 Å². The van der Waals surface area contributed by atoms with Gasteiger partial charge in [-0.25, -0.2) is 0 Å². The Morgan fingerprint density at radius 1 is 1.25 bits per heavy atom. The average molecular weight is 225 g/mol. The summed E-state index contributed by atoms with van der Waals surface area (Å²) in [6.45, 7) is 2.11. The van der Waals surface area contributed by atoms with E-state index in [1.54, 1.807) is 7.11 Å². The summed E-state index contributed by atoms with van der Waals surface area (Å²) in [5.74, 6) is 0. The van der Waals surface area contributed by atoms with E-state index in [9.17, 15) is 0 Å². The van der Waals surface area contributed by atoms with Crippen LogP contribution in [0.5, 0.6) is 0 Å². The molecule has 0 spiro atoms. The molecule has 2 unspecified atom stereocenters. The summed E-state index contributed by atoms with van der Waals surface area (Å²) in [6.07, 6.45) is 12.7. The zero-order valence-corrected chi connectivity index (χ0v) is 10.9. The van der Waals surface area contributed by atoms with Gasteiger partial charge in [0, 0.05) is 13.2 Å². The first kappa shape index (κ1) is 13.7. The van der Waals surface area contributed by atoms with Crippen LogP contribution in [0.1, 0.15) is 58.3 Å². The molecular weight excluding hydrogens is 198 g/mol. The van der Waals surface area contributed by atoms with E-state index in [1.165, 1.54) is 44.1 Å². The maximum absolute atomic E-state index is 6.25. The van der Waals surface area contributed by atoms with Crippen LogP contribution < -0.4 is 5.73 Å². The number of allylic oxidation sites excluding steroid dienone is 1. The van der Waals surface area contributed by atoms with Crippen molar-refractivity contribution in [2.75, 3.05) is 7.11 Å². The van der Waals surface area contributed by atoms with Crippen LogP contribution in [0.2, 0.25) is 0 Å². The second kappa shape index (κ2) is 7.86. The quantitative estimate of drug-likeness (QED) is 0.728. The summed E-state index contributed by atoms with van der Waals surface area (Å²) in [7, 11) is 1.77. The lowest BCUT2D eigenvalue weighted by molar-refractivity contribution is 0.108. The molecule has 0 fully saturated rings. The normalized spacial score (nSPS) is 21.8. The molecule has 1 aliphatic carbocycles. The second-order valence-electron chi connectivity index (χ2n) is 4.96. The minimum absolute atomic E-state index is 0.260. The summed E-state index contributed by atoms with van der Waals surface area (Å²) in [5.41, 5.74) is 7.74. The van der Waals surface area contributed by atoms with Crippen molar-refractivity contribution in [2.45, 2.75) is 70.4 Å². The molecule has 0 heterocycles. The van der Waals surface area contributed by atoms with Gasteiger partial charge >= 0.3 is 0 Å². The fourth-order valence-electron chi connectivity index (χ4n) is 2.27. The number of rotatable bonds is 5. The first-order valence-corrected chi connectivity index (χ1v) is 6.71. The second-order valence-corrected chi connectivity index (χ2v) is 4.96. The molecule has 0 aromatic carbocycles. The highest BCUT2D eigenvalue weighted by molar-refractivity contribution is 5.10. The lowest BCUT2D eigenvalue weighted by atomic mass is 9.92. The Morgan fingerprint density at radius 2 is 2.00 bits per heavy atom. The van der Waals surface area contributed by atoms with Gasteiger partial charge in [-0.05, 0) is 45.4 Å². The third kappa shape index (κ3) is 5.13. The van der Waals surface area contributed by atoms with E-state index < -0.39 is 0 Å². The van der Waals surface area contributed by atoms with Crippen molar-refractivity contribution in [2.24, 2.45) is 5.73 Å². The Kier molecular flexibility index (Phi) is 6.74. The maximum atomic E-state index is 6.25. The molecule has 0 saturated heterocycles. The molecule has 1 rings (SSSR count). The molecule has 16 heavy (non-hydrogen) atoms. The van der Waals surface area contributed by atoms with Crippen LogP contribution in [0.15, 0.2) is 11.6 Å². The van der Waals surface area contributed by atoms with Crippen molar-refractivity contribution in [1.82, 2.24) is 0 Å². The van der Waals surface area contributed by atoms with Gasteiger partial charge in [0.25, 0.3) is 0 Å². The average Bonchev–Trinajstić information content (AvgIpc) is 2.25. The summed E-state index contributed by atoms with van der Waals surface area (Å²) in [5, 5.41) is 0. The van der Waals surface area contributed by atoms with E-state index in [2.05, 4.69) is 13.0 Å². The van der Waals surface area contributed by atoms with Gasteiger partial charge in [0.05, 0.1) is 6.10 Å². The summed E-state index contributed by atoms with van der Waals surface area (Å²) in [4.78, 5) is 0. The van der Waals surface area contributed by atoms with Gasteiger partial charge in [-0.15, -0.1) is 0 Å². The molecule has 0 aliphatic heterocycles. The number of ether oxygens (including phenoxy) is 1. The van der Waals surface area contributed by atoms with Crippen molar-refractivity contribution in [3.63, 3.8) is 0 Å². The van der Waals surface area contributed by atoms with E-state index in [-0.39, 0.29) is 6.04 Å². The van der Waals surface area contributed by atoms with Crippen LogP contribution in [0.4, 0.5) is 0 Å². The summed E-state index contributed by atoms with van der Waals surface area (Å²) in [6, 6.07) is 0.260. The summed E-state index contributed by atoms with van der Waals surface area (Å²) < 4.78 is 5.26. The first-order chi connectivity index (χ1) is 7.74. The zero-order valence-electron chi connectivity index (χ0n) is 10.9. The topological polar surface area (TPSA) is 35.2 Å². The molecule has 1 aliphatic rings. The number of hydrogen-bond donors (Lipinski definition) is 1. The Bertz CT molecular complexity index is 213. The molecule has 0 saturated carbocycles. The van der Waals surface area contributed by atoms with E-state index >= 15 is 0 Å². The molecular formula is C14H27NO. The highest BCUT2D eigenvalue weighted by Crippen LogP contribution is 2.21. The highest BCUT2D eigenvalue weighted by Gasteiger charge is 2.12. The van der Waals surface area contributed by atoms with E-state index in [1.807, 2.05) is 0 Å². The molecule has 2 atom stereocenters. The van der Waals surface area contributed by atoms with E-state index in [0.29, 0.717) is 6.10 Å². The van der Waals surface area contributed by atoms with Gasteiger partial charge < -0.3 is 10.5 Å². The van der Waals surface area contributed by atoms with Crippen molar-refractivity contribution in [3.8, 4) is 0 Å². The Balaban J connectivity index is 2.35. The molecule has 2 N–H and O–H groups in total. The number of hydrogen-bond acceptors (Lipinski definition) is 2. The van der Waals surface area contributed by atoms with E-state index in [4.69, 9.17) is 10.5 Å². The molecule has 94 valence electrons. The van der Waals surface area contributed by atoms with Crippen LogP contribution in [-0.4, -0.2) is 19.3 Å². The molecule has 2 heteroatoms. The predicted molar refractivity (Wildman–Crippen MR) is 69.5 cm³/mol. The van der Waals surface area contributed by atoms with Gasteiger partial charge in [-0.1, -0.05) is 24.5 Å². The highest BCUT2D eigenvalue weighted by atomic mass is 16.5. The van der Waals surface area contributed by atoms with Crippen molar-refractivity contribution < 1.29 is 4.74 Å². The van der Waals surface area contributed by atoms with Gasteiger partial charge in [0.15, 0.2) is 0 Å². The number of methoxy groups -OCH3 is 1. The van der Waals surface area contributed by atoms with Crippen LogP contribution in [0, 0.1) is 0 Å². The molecule has 0 aromatic heterocycles. The minimum Gasteiger partial charge on any atom is -0.382 e. The Hall–Kier alpha value is -0.340. The third-order valence-corrected chi connectivity index (χ3v) is 3.59. The molecule has 0 radical (unpaired) electrons. The zero-order chi connectivity index (χ0) is 11.8. The first-order valence-electron chi connectivity index (χ1n) is 6.71. The molecule has 0 amide bonds. The number of nitrogens with two attached hydrogens (primary N) is 1. The van der Waals surface area contributed by atoms with Crippen LogP contribution in [0.3, 0.4) is 0 Å². The maximum Gasteiger partial charge on any atom is 0.0543 e. The summed E-state index contributed by atoms with van der Waals surface area (Å²) >= 11 is 0. The molecule has 2 nitrogen and oxygen atoms in total. The Morgan fingerprint density at radius 3 is 2.75 bits per heavy atom. The third-order valence-electron chi connectivity index (χ3n) is 3.59. The largest absolute Gasteiger partial charge is 0.382 e. The van der Waals surface area contributed by atoms with Crippen molar-refractivity contribution in [1.29, 1.82) is 0 Å². The van der Waals surface area contributed by atoms with Gasteiger partial charge in [-0.3, -0.25) is 0 Å². The van der Waals surface area contributed by atoms with Gasteiger partial charge in [0.1, 0.15) is 0 Å². The van der Waals surface area contributed by atoms with Crippen LogP contribution in [-0.2, 0) is 4.74 Å². The van der Waals surface area contributed by atoms with Gasteiger partial charge in [0.2, 0.25) is 0 Å². The fourth-order valence-corrected chi connectivity index (χ4v) is 2.27. The predicted octanol–water partition coefficient (Wildman–Crippen LogP) is 3.41. The van der Waals surface area contributed by atoms with Crippen molar-refractivity contribution in [3.05, 3.63) is 11.6 Å². The fraction of sp³-hybridized carbons (Fsp3) is 0.857. The standard InChI is InChI=1S/C14H27NO/c1-12(16-2)10-11-14(15)13-8-6-4-3-5-7-9-13/h8,12,14H,3-7,9-11,15H2,1-2H3. The van der Waals surface area contributed by atoms with Crippen LogP contribution in [0.25, 0.3) is 0 Å². The molecule has 0 aromatic rings. The smallest absolute Gasteiger partial charge is 0.0543 e. The van der Waals surface area contributed by atoms with Crippen LogP contribution >= 0.6 is 0 Å². The molecule has 0 bridgehead atoms. The van der Waals surface area contributed by atoms with E-state index in [0.717, 1.165) is 12.8 Å². The van der Waals surface area contributed by atoms with Crippen molar-refractivity contribution >= 4 is 0 Å².